The maximum atomic E-state index is 5.10. The molecule has 2 rings (SSSR count). The number of hydrogen-bond acceptors (Lipinski definition) is 5. The third-order valence-corrected chi connectivity index (χ3v) is 2.89. The minimum Gasteiger partial charge on any atom is -0.480 e. The van der Waals surface area contributed by atoms with Gasteiger partial charge < -0.3 is 15.0 Å². The summed E-state index contributed by atoms with van der Waals surface area (Å²) in [6.07, 6.45) is 3.41. The molecule has 0 bridgehead atoms. The monoisotopic (exact) mass is 222 g/mol. The van der Waals surface area contributed by atoms with E-state index in [1.54, 1.807) is 19.5 Å². The lowest BCUT2D eigenvalue weighted by Gasteiger charge is -2.43. The van der Waals surface area contributed by atoms with E-state index < -0.39 is 0 Å². The van der Waals surface area contributed by atoms with E-state index in [1.165, 1.54) is 0 Å². The zero-order valence-corrected chi connectivity index (χ0v) is 10.0. The van der Waals surface area contributed by atoms with Gasteiger partial charge in [0.2, 0.25) is 5.88 Å². The van der Waals surface area contributed by atoms with Crippen LogP contribution in [0.5, 0.6) is 5.88 Å². The van der Waals surface area contributed by atoms with E-state index in [1.807, 2.05) is 0 Å². The van der Waals surface area contributed by atoms with E-state index >= 15 is 0 Å². The molecule has 1 aromatic rings. The summed E-state index contributed by atoms with van der Waals surface area (Å²) in [4.78, 5) is 10.8. The minimum absolute atomic E-state index is 0.0549. The van der Waals surface area contributed by atoms with Gasteiger partial charge in [-0.3, -0.25) is 4.98 Å². The summed E-state index contributed by atoms with van der Waals surface area (Å²) in [7, 11) is 1.61. The molecule has 0 spiro atoms. The highest BCUT2D eigenvalue weighted by Crippen LogP contribution is 2.24. The molecule has 1 N–H and O–H groups in total. The molecule has 0 aliphatic carbocycles. The van der Waals surface area contributed by atoms with Crippen LogP contribution in [0.4, 0.5) is 5.82 Å². The van der Waals surface area contributed by atoms with Crippen molar-refractivity contribution in [3.8, 4) is 5.88 Å². The van der Waals surface area contributed by atoms with Gasteiger partial charge in [0.25, 0.3) is 0 Å². The van der Waals surface area contributed by atoms with Crippen LogP contribution in [-0.2, 0) is 0 Å². The molecule has 1 saturated heterocycles. The number of nitrogens with zero attached hydrogens (tertiary/aromatic N) is 3. The number of piperazine rings is 1. The number of aromatic nitrogens is 2. The minimum atomic E-state index is 0.0549. The lowest BCUT2D eigenvalue weighted by atomic mass is 10.0. The summed E-state index contributed by atoms with van der Waals surface area (Å²) in [6.45, 7) is 7.25. The van der Waals surface area contributed by atoms with E-state index in [0.717, 1.165) is 25.5 Å². The van der Waals surface area contributed by atoms with Crippen molar-refractivity contribution in [1.82, 2.24) is 15.3 Å². The zero-order chi connectivity index (χ0) is 11.6. The van der Waals surface area contributed by atoms with Gasteiger partial charge in [0.1, 0.15) is 0 Å². The Kier molecular flexibility index (Phi) is 2.96. The number of nitrogens with one attached hydrogen (secondary N) is 1. The highest BCUT2D eigenvalue weighted by Gasteiger charge is 2.30. The molecule has 88 valence electrons. The first-order chi connectivity index (χ1) is 7.63. The van der Waals surface area contributed by atoms with Gasteiger partial charge in [-0.25, -0.2) is 0 Å². The van der Waals surface area contributed by atoms with Gasteiger partial charge in [0, 0.05) is 25.2 Å². The second-order valence-electron chi connectivity index (χ2n) is 4.56. The fourth-order valence-corrected chi connectivity index (χ4v) is 1.97. The molecule has 1 aromatic heterocycles. The molecule has 5 heteroatoms. The van der Waals surface area contributed by atoms with Gasteiger partial charge in [-0.05, 0) is 13.8 Å². The summed E-state index contributed by atoms with van der Waals surface area (Å²) >= 11 is 0. The number of hydrogen-bond donors (Lipinski definition) is 1. The molecule has 1 aliphatic rings. The Morgan fingerprint density at radius 2 is 2.25 bits per heavy atom. The van der Waals surface area contributed by atoms with Crippen molar-refractivity contribution in [1.29, 1.82) is 0 Å². The van der Waals surface area contributed by atoms with Crippen molar-refractivity contribution < 1.29 is 4.74 Å². The van der Waals surface area contributed by atoms with E-state index in [9.17, 15) is 0 Å². The van der Waals surface area contributed by atoms with Crippen LogP contribution in [0.3, 0.4) is 0 Å². The third kappa shape index (κ3) is 2.09. The highest BCUT2D eigenvalue weighted by atomic mass is 16.5. The molecule has 0 aromatic carbocycles. The van der Waals surface area contributed by atoms with Gasteiger partial charge in [0.15, 0.2) is 5.82 Å². The molecule has 16 heavy (non-hydrogen) atoms. The first kappa shape index (κ1) is 11.1. The van der Waals surface area contributed by atoms with Crippen LogP contribution < -0.4 is 15.0 Å². The van der Waals surface area contributed by atoms with Crippen LogP contribution in [0.15, 0.2) is 12.4 Å². The maximum Gasteiger partial charge on any atom is 0.233 e. The molecule has 2 heterocycles. The second kappa shape index (κ2) is 4.25. The first-order valence-electron chi connectivity index (χ1n) is 5.48. The summed E-state index contributed by atoms with van der Waals surface area (Å²) < 4.78 is 5.10. The lowest BCUT2D eigenvalue weighted by molar-refractivity contribution is 0.369. The zero-order valence-electron chi connectivity index (χ0n) is 10.0. The predicted molar refractivity (Wildman–Crippen MR) is 62.9 cm³/mol. The summed E-state index contributed by atoms with van der Waals surface area (Å²) in [6, 6.07) is 0. The molecular weight excluding hydrogens is 204 g/mol. The normalized spacial score (nSPS) is 19.6. The molecule has 1 aliphatic heterocycles. The molecule has 0 unspecified atom stereocenters. The van der Waals surface area contributed by atoms with Crippen molar-refractivity contribution >= 4 is 5.82 Å². The SMILES string of the molecule is COc1cncc(N2CCNCC2(C)C)n1. The second-order valence-corrected chi connectivity index (χ2v) is 4.56. The maximum absolute atomic E-state index is 5.10. The quantitative estimate of drug-likeness (QED) is 0.797. The van der Waals surface area contributed by atoms with Crippen LogP contribution in [0.2, 0.25) is 0 Å². The summed E-state index contributed by atoms with van der Waals surface area (Å²) in [5, 5.41) is 3.38. The van der Waals surface area contributed by atoms with Crippen molar-refractivity contribution in [2.24, 2.45) is 0 Å². The molecular formula is C11H18N4O. The van der Waals surface area contributed by atoms with E-state index in [0.29, 0.717) is 5.88 Å². The number of rotatable bonds is 2. The Labute approximate surface area is 95.8 Å². The van der Waals surface area contributed by atoms with E-state index in [4.69, 9.17) is 4.74 Å². The number of methoxy groups -OCH3 is 1. The Morgan fingerprint density at radius 1 is 1.44 bits per heavy atom. The van der Waals surface area contributed by atoms with Crippen LogP contribution >= 0.6 is 0 Å². The third-order valence-electron chi connectivity index (χ3n) is 2.89. The highest BCUT2D eigenvalue weighted by molar-refractivity contribution is 5.42. The summed E-state index contributed by atoms with van der Waals surface area (Å²) in [5.41, 5.74) is 0.0549. The molecule has 0 amide bonds. The van der Waals surface area contributed by atoms with Gasteiger partial charge in [-0.15, -0.1) is 0 Å². The van der Waals surface area contributed by atoms with E-state index in [-0.39, 0.29) is 5.54 Å². The van der Waals surface area contributed by atoms with E-state index in [2.05, 4.69) is 34.0 Å². The Morgan fingerprint density at radius 3 is 2.94 bits per heavy atom. The van der Waals surface area contributed by atoms with Crippen LogP contribution in [0, 0.1) is 0 Å². The largest absolute Gasteiger partial charge is 0.480 e. The smallest absolute Gasteiger partial charge is 0.233 e. The van der Waals surface area contributed by atoms with Gasteiger partial charge >= 0.3 is 0 Å². The van der Waals surface area contributed by atoms with Crippen molar-refractivity contribution in [3.05, 3.63) is 12.4 Å². The molecule has 0 atom stereocenters. The van der Waals surface area contributed by atoms with Crippen LogP contribution in [0.25, 0.3) is 0 Å². The fraction of sp³-hybridized carbons (Fsp3) is 0.636. The van der Waals surface area contributed by atoms with Crippen molar-refractivity contribution in [2.45, 2.75) is 19.4 Å². The molecule has 1 fully saturated rings. The predicted octanol–water partition coefficient (Wildman–Crippen LogP) is 0.673. The van der Waals surface area contributed by atoms with Crippen LogP contribution in [0.1, 0.15) is 13.8 Å². The number of anilines is 1. The molecule has 5 nitrogen and oxygen atoms in total. The number of ether oxygens (including phenoxy) is 1. The fourth-order valence-electron chi connectivity index (χ4n) is 1.97. The molecule has 0 saturated carbocycles. The first-order valence-corrected chi connectivity index (χ1v) is 5.48. The van der Waals surface area contributed by atoms with Gasteiger partial charge in [0.05, 0.1) is 19.5 Å². The average Bonchev–Trinajstić information content (AvgIpc) is 2.28. The standard InChI is InChI=1S/C11H18N4O/c1-11(2)8-12-4-5-15(11)9-6-13-7-10(14-9)16-3/h6-7,12H,4-5,8H2,1-3H3. The topological polar surface area (TPSA) is 50.3 Å². The van der Waals surface area contributed by atoms with Gasteiger partial charge in [-0.2, -0.15) is 4.98 Å². The Balaban J connectivity index is 2.27. The Hall–Kier alpha value is -1.36. The van der Waals surface area contributed by atoms with Crippen molar-refractivity contribution in [3.63, 3.8) is 0 Å². The Bertz CT molecular complexity index is 367. The average molecular weight is 222 g/mol. The van der Waals surface area contributed by atoms with Gasteiger partial charge in [-0.1, -0.05) is 0 Å². The lowest BCUT2D eigenvalue weighted by Crippen LogP contribution is -2.58. The van der Waals surface area contributed by atoms with Crippen LogP contribution in [-0.4, -0.2) is 42.3 Å². The van der Waals surface area contributed by atoms with Crippen molar-refractivity contribution in [2.75, 3.05) is 31.6 Å². The molecule has 0 radical (unpaired) electrons. The summed E-state index contributed by atoms with van der Waals surface area (Å²) in [5.74, 6) is 1.44.